The van der Waals surface area contributed by atoms with Crippen LogP contribution in [0.5, 0.6) is 5.75 Å². The molecule has 3 N–H and O–H groups in total. The number of aromatic hydroxyl groups is 1. The van der Waals surface area contributed by atoms with E-state index in [9.17, 15) is 9.90 Å². The van der Waals surface area contributed by atoms with Gasteiger partial charge in [-0.25, -0.2) is 5.43 Å². The second-order valence-electron chi connectivity index (χ2n) is 4.51. The van der Waals surface area contributed by atoms with Crippen LogP contribution in [-0.2, 0) is 11.2 Å². The first-order valence-electron chi connectivity index (χ1n) is 6.46. The molecule has 106 valence electrons. The number of nitriles is 1. The maximum atomic E-state index is 11.8. The summed E-state index contributed by atoms with van der Waals surface area (Å²) < 4.78 is 0. The van der Waals surface area contributed by atoms with Gasteiger partial charge in [0.25, 0.3) is 0 Å². The molecule has 0 spiro atoms. The molecule has 0 saturated heterocycles. The van der Waals surface area contributed by atoms with E-state index in [4.69, 9.17) is 5.26 Å². The molecule has 0 aliphatic heterocycles. The highest BCUT2D eigenvalue weighted by Gasteiger charge is 2.11. The third-order valence-corrected chi connectivity index (χ3v) is 2.92. The smallest absolute Gasteiger partial charge is 0.238 e. The van der Waals surface area contributed by atoms with Crippen LogP contribution in [0.2, 0.25) is 0 Å². The van der Waals surface area contributed by atoms with Crippen molar-refractivity contribution < 1.29 is 9.90 Å². The number of hydrazine groups is 1. The number of hydrogen-bond acceptors (Lipinski definition) is 4. The van der Waals surface area contributed by atoms with Gasteiger partial charge < -0.3 is 5.11 Å². The number of nitrogens with one attached hydrogen (secondary N) is 2. The summed E-state index contributed by atoms with van der Waals surface area (Å²) in [6, 6.07) is 17.0. The van der Waals surface area contributed by atoms with E-state index in [2.05, 4.69) is 10.9 Å². The summed E-state index contributed by atoms with van der Waals surface area (Å²) in [7, 11) is 0. The Morgan fingerprint density at radius 1 is 1.14 bits per heavy atom. The SMILES string of the molecule is N#C[C@@H](NNC(=O)Cc1ccccc1)c1ccc(O)cc1. The molecule has 2 rings (SSSR count). The van der Waals surface area contributed by atoms with Crippen LogP contribution in [0.3, 0.4) is 0 Å². The lowest BCUT2D eigenvalue weighted by molar-refractivity contribution is -0.121. The minimum absolute atomic E-state index is 0.128. The predicted molar refractivity (Wildman–Crippen MR) is 77.9 cm³/mol. The molecule has 1 amide bonds. The Hall–Kier alpha value is -2.84. The number of amides is 1. The van der Waals surface area contributed by atoms with Crippen molar-refractivity contribution in [1.29, 1.82) is 5.26 Å². The normalized spacial score (nSPS) is 11.4. The molecule has 0 aliphatic carbocycles. The van der Waals surface area contributed by atoms with E-state index < -0.39 is 6.04 Å². The summed E-state index contributed by atoms with van der Waals surface area (Å²) in [4.78, 5) is 11.8. The van der Waals surface area contributed by atoms with Crippen molar-refractivity contribution in [2.75, 3.05) is 0 Å². The molecule has 2 aromatic carbocycles. The summed E-state index contributed by atoms with van der Waals surface area (Å²) in [6.07, 6.45) is 0.238. The molecular formula is C16H15N3O2. The van der Waals surface area contributed by atoms with Crippen LogP contribution < -0.4 is 10.9 Å². The lowest BCUT2D eigenvalue weighted by atomic mass is 10.1. The molecule has 5 nitrogen and oxygen atoms in total. The molecule has 0 heterocycles. The summed E-state index contributed by atoms with van der Waals surface area (Å²) in [6.45, 7) is 0. The number of benzene rings is 2. The molecule has 0 unspecified atom stereocenters. The third kappa shape index (κ3) is 4.34. The Kier molecular flexibility index (Phi) is 4.91. The molecular weight excluding hydrogens is 266 g/mol. The van der Waals surface area contributed by atoms with E-state index in [1.807, 2.05) is 36.4 Å². The molecule has 0 aromatic heterocycles. The quantitative estimate of drug-likeness (QED) is 0.730. The molecule has 0 saturated carbocycles. The fraction of sp³-hybridized carbons (Fsp3) is 0.125. The maximum Gasteiger partial charge on any atom is 0.238 e. The van der Waals surface area contributed by atoms with Crippen LogP contribution in [0.1, 0.15) is 17.2 Å². The van der Waals surface area contributed by atoms with Crippen LogP contribution in [0.4, 0.5) is 0 Å². The van der Waals surface area contributed by atoms with Gasteiger partial charge in [-0.15, -0.1) is 0 Å². The van der Waals surface area contributed by atoms with Crippen molar-refractivity contribution in [3.8, 4) is 11.8 Å². The number of rotatable bonds is 5. The second-order valence-corrected chi connectivity index (χ2v) is 4.51. The van der Waals surface area contributed by atoms with Gasteiger partial charge in [0.15, 0.2) is 0 Å². The largest absolute Gasteiger partial charge is 0.508 e. The zero-order valence-electron chi connectivity index (χ0n) is 11.3. The summed E-state index contributed by atoms with van der Waals surface area (Å²) >= 11 is 0. The highest BCUT2D eigenvalue weighted by atomic mass is 16.3. The van der Waals surface area contributed by atoms with Crippen molar-refractivity contribution in [2.24, 2.45) is 0 Å². The van der Waals surface area contributed by atoms with Crippen LogP contribution in [-0.4, -0.2) is 11.0 Å². The molecule has 21 heavy (non-hydrogen) atoms. The first-order chi connectivity index (χ1) is 10.2. The van der Waals surface area contributed by atoms with E-state index in [0.29, 0.717) is 5.56 Å². The number of carbonyl (C=O) groups is 1. The van der Waals surface area contributed by atoms with Gasteiger partial charge in [0.2, 0.25) is 5.91 Å². The van der Waals surface area contributed by atoms with Gasteiger partial charge >= 0.3 is 0 Å². The Morgan fingerprint density at radius 2 is 1.81 bits per heavy atom. The summed E-state index contributed by atoms with van der Waals surface area (Å²) in [5, 5.41) is 18.3. The average Bonchev–Trinajstić information content (AvgIpc) is 2.50. The molecule has 5 heteroatoms. The fourth-order valence-electron chi connectivity index (χ4n) is 1.84. The van der Waals surface area contributed by atoms with Gasteiger partial charge in [0, 0.05) is 0 Å². The van der Waals surface area contributed by atoms with Crippen LogP contribution in [0.15, 0.2) is 54.6 Å². The Bertz CT molecular complexity index is 633. The monoisotopic (exact) mass is 281 g/mol. The van der Waals surface area contributed by atoms with Crippen molar-refractivity contribution in [3.05, 3.63) is 65.7 Å². The van der Waals surface area contributed by atoms with E-state index >= 15 is 0 Å². The minimum Gasteiger partial charge on any atom is -0.508 e. The zero-order valence-corrected chi connectivity index (χ0v) is 11.3. The summed E-state index contributed by atoms with van der Waals surface area (Å²) in [5.74, 6) is -0.0937. The van der Waals surface area contributed by atoms with Crippen LogP contribution in [0.25, 0.3) is 0 Å². The topological polar surface area (TPSA) is 85.2 Å². The standard InChI is InChI=1S/C16H15N3O2/c17-11-15(13-6-8-14(20)9-7-13)18-19-16(21)10-12-4-2-1-3-5-12/h1-9,15,18,20H,10H2,(H,19,21)/t15-/m1/s1. The molecule has 0 radical (unpaired) electrons. The number of carbonyl (C=O) groups excluding carboxylic acids is 1. The number of hydrogen-bond donors (Lipinski definition) is 3. The Balaban J connectivity index is 1.90. The van der Waals surface area contributed by atoms with Crippen LogP contribution >= 0.6 is 0 Å². The third-order valence-electron chi connectivity index (χ3n) is 2.92. The van der Waals surface area contributed by atoms with Crippen molar-refractivity contribution in [3.63, 3.8) is 0 Å². The van der Waals surface area contributed by atoms with Gasteiger partial charge in [-0.1, -0.05) is 42.5 Å². The second kappa shape index (κ2) is 7.08. The lowest BCUT2D eigenvalue weighted by Crippen LogP contribution is -2.40. The van der Waals surface area contributed by atoms with Crippen LogP contribution in [0, 0.1) is 11.3 Å². The lowest BCUT2D eigenvalue weighted by Gasteiger charge is -2.13. The first-order valence-corrected chi connectivity index (χ1v) is 6.46. The minimum atomic E-state index is -0.676. The van der Waals surface area contributed by atoms with E-state index in [1.54, 1.807) is 12.1 Å². The van der Waals surface area contributed by atoms with Gasteiger partial charge in [-0.2, -0.15) is 5.26 Å². The number of phenolic OH excluding ortho intramolecular Hbond substituents is 1. The maximum absolute atomic E-state index is 11.8. The molecule has 0 aliphatic rings. The highest BCUT2D eigenvalue weighted by molar-refractivity contribution is 5.78. The summed E-state index contributed by atoms with van der Waals surface area (Å²) in [5.41, 5.74) is 6.76. The van der Waals surface area contributed by atoms with Gasteiger partial charge in [0.1, 0.15) is 11.8 Å². The van der Waals surface area contributed by atoms with E-state index in [-0.39, 0.29) is 18.1 Å². The predicted octanol–water partition coefficient (Wildman–Crippen LogP) is 1.82. The molecule has 1 atom stereocenters. The Labute approximate surface area is 122 Å². The van der Waals surface area contributed by atoms with Crippen molar-refractivity contribution in [2.45, 2.75) is 12.5 Å². The van der Waals surface area contributed by atoms with Gasteiger partial charge in [-0.05, 0) is 23.3 Å². The van der Waals surface area contributed by atoms with E-state index in [1.165, 1.54) is 12.1 Å². The molecule has 0 bridgehead atoms. The molecule has 0 fully saturated rings. The van der Waals surface area contributed by atoms with Crippen molar-refractivity contribution in [1.82, 2.24) is 10.9 Å². The highest BCUT2D eigenvalue weighted by Crippen LogP contribution is 2.15. The van der Waals surface area contributed by atoms with Gasteiger partial charge in [-0.3, -0.25) is 10.2 Å². The van der Waals surface area contributed by atoms with E-state index in [0.717, 1.165) is 5.56 Å². The number of phenols is 1. The average molecular weight is 281 g/mol. The number of nitrogens with zero attached hydrogens (tertiary/aromatic N) is 1. The van der Waals surface area contributed by atoms with Gasteiger partial charge in [0.05, 0.1) is 12.5 Å². The Morgan fingerprint density at radius 3 is 2.43 bits per heavy atom. The van der Waals surface area contributed by atoms with Crippen molar-refractivity contribution >= 4 is 5.91 Å². The molecule has 2 aromatic rings. The fourth-order valence-corrected chi connectivity index (χ4v) is 1.84. The zero-order chi connectivity index (χ0) is 15.1. The first kappa shape index (κ1) is 14.6.